The molecule has 1 aromatic rings. The molecule has 0 radical (unpaired) electrons. The molecule has 1 aliphatic carbocycles. The van der Waals surface area contributed by atoms with Crippen LogP contribution in [-0.2, 0) is 0 Å². The first-order valence-corrected chi connectivity index (χ1v) is 7.85. The number of rotatable bonds is 3. The normalized spacial score (nSPS) is 28.1. The molecule has 2 rings (SSSR count). The zero-order chi connectivity index (χ0) is 13.2. The van der Waals surface area contributed by atoms with Crippen molar-refractivity contribution in [2.75, 3.05) is 11.2 Å². The molecule has 4 heteroatoms. The molecule has 0 saturated heterocycles. The molecule has 0 aromatic carbocycles. The standard InChI is InChI=1S/C14H20BrClN2/c1-10-5-7-14(9-16,8-6-10)18-13-4-3-12(15)11(2)17-13/h3-4,10H,5-9H2,1-2H3,(H,17,18). The molecule has 0 amide bonds. The number of anilines is 1. The second-order valence-electron chi connectivity index (χ2n) is 5.49. The van der Waals surface area contributed by atoms with Gasteiger partial charge in [0.1, 0.15) is 5.82 Å². The number of aromatic nitrogens is 1. The van der Waals surface area contributed by atoms with E-state index in [4.69, 9.17) is 11.6 Å². The Bertz CT molecular complexity index is 414. The Hall–Kier alpha value is -0.280. The van der Waals surface area contributed by atoms with Crippen LogP contribution in [0, 0.1) is 12.8 Å². The fourth-order valence-electron chi connectivity index (χ4n) is 2.49. The Labute approximate surface area is 123 Å². The largest absolute Gasteiger partial charge is 0.363 e. The minimum atomic E-state index is 0.0291. The van der Waals surface area contributed by atoms with Gasteiger partial charge >= 0.3 is 0 Å². The molecule has 0 atom stereocenters. The summed E-state index contributed by atoms with van der Waals surface area (Å²) in [7, 11) is 0. The van der Waals surface area contributed by atoms with Crippen molar-refractivity contribution in [3.05, 3.63) is 22.3 Å². The summed E-state index contributed by atoms with van der Waals surface area (Å²) in [5.41, 5.74) is 1.04. The van der Waals surface area contributed by atoms with Crippen molar-refractivity contribution in [2.45, 2.75) is 45.1 Å². The van der Waals surface area contributed by atoms with Gasteiger partial charge in [-0.3, -0.25) is 0 Å². The Balaban J connectivity index is 2.12. The molecule has 0 unspecified atom stereocenters. The number of alkyl halides is 1. The van der Waals surface area contributed by atoms with E-state index in [2.05, 4.69) is 33.2 Å². The summed E-state index contributed by atoms with van der Waals surface area (Å²) in [4.78, 5) is 4.56. The molecular weight excluding hydrogens is 312 g/mol. The molecule has 1 aromatic heterocycles. The molecule has 18 heavy (non-hydrogen) atoms. The summed E-state index contributed by atoms with van der Waals surface area (Å²) in [6, 6.07) is 4.06. The average Bonchev–Trinajstić information content (AvgIpc) is 2.37. The van der Waals surface area contributed by atoms with E-state index in [1.807, 2.05) is 19.1 Å². The summed E-state index contributed by atoms with van der Waals surface area (Å²) in [6.45, 7) is 4.33. The van der Waals surface area contributed by atoms with Crippen LogP contribution in [0.5, 0.6) is 0 Å². The summed E-state index contributed by atoms with van der Waals surface area (Å²) < 4.78 is 1.05. The van der Waals surface area contributed by atoms with E-state index in [-0.39, 0.29) is 5.54 Å². The lowest BCUT2D eigenvalue weighted by atomic mass is 9.78. The Morgan fingerprint density at radius 2 is 2.11 bits per heavy atom. The van der Waals surface area contributed by atoms with E-state index < -0.39 is 0 Å². The van der Waals surface area contributed by atoms with Gasteiger partial charge in [0.25, 0.3) is 0 Å². The predicted octanol–water partition coefficient (Wildman–Crippen LogP) is 4.75. The first-order chi connectivity index (χ1) is 8.54. The third kappa shape index (κ3) is 3.18. The van der Waals surface area contributed by atoms with Gasteiger partial charge in [0, 0.05) is 10.4 Å². The van der Waals surface area contributed by atoms with Crippen LogP contribution < -0.4 is 5.32 Å². The predicted molar refractivity (Wildman–Crippen MR) is 81.4 cm³/mol. The fraction of sp³-hybridized carbons (Fsp3) is 0.643. The minimum absolute atomic E-state index is 0.0291. The van der Waals surface area contributed by atoms with Crippen molar-refractivity contribution >= 4 is 33.3 Å². The number of hydrogen-bond donors (Lipinski definition) is 1. The minimum Gasteiger partial charge on any atom is -0.363 e. The molecule has 1 aliphatic rings. The molecule has 1 N–H and O–H groups in total. The van der Waals surface area contributed by atoms with Crippen LogP contribution in [0.25, 0.3) is 0 Å². The zero-order valence-electron chi connectivity index (χ0n) is 11.0. The number of halogens is 2. The van der Waals surface area contributed by atoms with Gasteiger partial charge in [-0.1, -0.05) is 6.92 Å². The number of hydrogen-bond acceptors (Lipinski definition) is 2. The quantitative estimate of drug-likeness (QED) is 0.808. The van der Waals surface area contributed by atoms with Crippen molar-refractivity contribution in [1.82, 2.24) is 4.98 Å². The maximum atomic E-state index is 6.21. The Morgan fingerprint density at radius 3 is 2.67 bits per heavy atom. The second-order valence-corrected chi connectivity index (χ2v) is 6.61. The van der Waals surface area contributed by atoms with Crippen LogP contribution in [0.1, 0.15) is 38.3 Å². The van der Waals surface area contributed by atoms with Gasteiger partial charge in [-0.15, -0.1) is 11.6 Å². The highest BCUT2D eigenvalue weighted by molar-refractivity contribution is 9.10. The monoisotopic (exact) mass is 330 g/mol. The van der Waals surface area contributed by atoms with E-state index in [9.17, 15) is 0 Å². The van der Waals surface area contributed by atoms with Gasteiger partial charge < -0.3 is 5.32 Å². The number of nitrogens with one attached hydrogen (secondary N) is 1. The van der Waals surface area contributed by atoms with Crippen LogP contribution in [0.2, 0.25) is 0 Å². The van der Waals surface area contributed by atoms with Gasteiger partial charge in [0.2, 0.25) is 0 Å². The van der Waals surface area contributed by atoms with E-state index >= 15 is 0 Å². The third-order valence-corrected chi connectivity index (χ3v) is 5.25. The van der Waals surface area contributed by atoms with Crippen LogP contribution in [0.15, 0.2) is 16.6 Å². The Morgan fingerprint density at radius 1 is 1.44 bits per heavy atom. The van der Waals surface area contributed by atoms with E-state index in [0.29, 0.717) is 5.88 Å². The van der Waals surface area contributed by atoms with Gasteiger partial charge in [-0.25, -0.2) is 4.98 Å². The fourth-order valence-corrected chi connectivity index (χ4v) is 3.05. The van der Waals surface area contributed by atoms with Crippen molar-refractivity contribution in [3.63, 3.8) is 0 Å². The van der Waals surface area contributed by atoms with E-state index in [0.717, 1.165) is 34.7 Å². The van der Waals surface area contributed by atoms with Gasteiger partial charge in [0.15, 0.2) is 0 Å². The molecule has 0 bridgehead atoms. The van der Waals surface area contributed by atoms with E-state index in [1.165, 1.54) is 12.8 Å². The highest BCUT2D eigenvalue weighted by atomic mass is 79.9. The van der Waals surface area contributed by atoms with Crippen LogP contribution in [0.4, 0.5) is 5.82 Å². The lowest BCUT2D eigenvalue weighted by molar-refractivity contribution is 0.286. The lowest BCUT2D eigenvalue weighted by Crippen LogP contribution is -2.43. The Kier molecular flexibility index (Phi) is 4.54. The highest BCUT2D eigenvalue weighted by Gasteiger charge is 2.33. The molecule has 1 saturated carbocycles. The summed E-state index contributed by atoms with van der Waals surface area (Å²) in [6.07, 6.45) is 4.76. The van der Waals surface area contributed by atoms with Gasteiger partial charge in [-0.05, 0) is 66.6 Å². The topological polar surface area (TPSA) is 24.9 Å². The molecule has 0 aliphatic heterocycles. The smallest absolute Gasteiger partial charge is 0.126 e. The number of pyridine rings is 1. The molecule has 100 valence electrons. The molecule has 1 heterocycles. The van der Waals surface area contributed by atoms with Crippen molar-refractivity contribution in [1.29, 1.82) is 0 Å². The molecule has 2 nitrogen and oxygen atoms in total. The van der Waals surface area contributed by atoms with Crippen molar-refractivity contribution in [3.8, 4) is 0 Å². The van der Waals surface area contributed by atoms with Gasteiger partial charge in [-0.2, -0.15) is 0 Å². The third-order valence-electron chi connectivity index (χ3n) is 3.90. The van der Waals surface area contributed by atoms with Crippen LogP contribution in [-0.4, -0.2) is 16.4 Å². The number of aryl methyl sites for hydroxylation is 1. The second kappa shape index (κ2) is 5.79. The lowest BCUT2D eigenvalue weighted by Gasteiger charge is -2.39. The van der Waals surface area contributed by atoms with Crippen LogP contribution >= 0.6 is 27.5 Å². The SMILES string of the molecule is Cc1nc(NC2(CCl)CCC(C)CC2)ccc1Br. The first-order valence-electron chi connectivity index (χ1n) is 6.52. The van der Waals surface area contributed by atoms with E-state index in [1.54, 1.807) is 0 Å². The van der Waals surface area contributed by atoms with Crippen molar-refractivity contribution < 1.29 is 0 Å². The van der Waals surface area contributed by atoms with Gasteiger partial charge in [0.05, 0.1) is 11.2 Å². The maximum absolute atomic E-state index is 6.21. The zero-order valence-corrected chi connectivity index (χ0v) is 13.3. The van der Waals surface area contributed by atoms with Crippen molar-refractivity contribution in [2.24, 2.45) is 5.92 Å². The molecular formula is C14H20BrClN2. The van der Waals surface area contributed by atoms with Crippen LogP contribution in [0.3, 0.4) is 0 Å². The number of nitrogens with zero attached hydrogens (tertiary/aromatic N) is 1. The maximum Gasteiger partial charge on any atom is 0.126 e. The molecule has 0 spiro atoms. The summed E-state index contributed by atoms with van der Waals surface area (Å²) in [5.74, 6) is 2.41. The first kappa shape index (κ1) is 14.1. The summed E-state index contributed by atoms with van der Waals surface area (Å²) >= 11 is 9.68. The highest BCUT2D eigenvalue weighted by Crippen LogP contribution is 2.35. The summed E-state index contributed by atoms with van der Waals surface area (Å²) in [5, 5.41) is 3.57. The molecule has 1 fully saturated rings. The average molecular weight is 332 g/mol.